The predicted molar refractivity (Wildman–Crippen MR) is 70.6 cm³/mol. The molecule has 6 nitrogen and oxygen atoms in total. The van der Waals surface area contributed by atoms with E-state index in [0.717, 1.165) is 11.4 Å². The van der Waals surface area contributed by atoms with Crippen LogP contribution in [0.15, 0.2) is 23.4 Å². The van der Waals surface area contributed by atoms with Crippen molar-refractivity contribution in [3.8, 4) is 11.5 Å². The molecule has 0 heterocycles. The van der Waals surface area contributed by atoms with Crippen LogP contribution in [0.3, 0.4) is 0 Å². The van der Waals surface area contributed by atoms with Gasteiger partial charge >= 0.3 is 0 Å². The quantitative estimate of drug-likeness (QED) is 0.309. The van der Waals surface area contributed by atoms with Crippen LogP contribution in [0.25, 0.3) is 0 Å². The largest absolute Gasteiger partial charge is 0.497 e. The fraction of sp³-hybridized carbons (Fsp3) is 0.417. The maximum Gasteiger partial charge on any atom is 0.143 e. The van der Waals surface area contributed by atoms with Crippen molar-refractivity contribution in [2.24, 2.45) is 16.8 Å². The highest BCUT2D eigenvalue weighted by atomic mass is 16.5. The second-order valence-corrected chi connectivity index (χ2v) is 3.87. The third-order valence-corrected chi connectivity index (χ3v) is 2.63. The van der Waals surface area contributed by atoms with Gasteiger partial charge in [-0.2, -0.15) is 0 Å². The van der Waals surface area contributed by atoms with Crippen molar-refractivity contribution < 1.29 is 14.7 Å². The van der Waals surface area contributed by atoms with E-state index in [1.165, 1.54) is 0 Å². The summed E-state index contributed by atoms with van der Waals surface area (Å²) in [7, 11) is 3.20. The molecule has 0 saturated carbocycles. The first-order valence-electron chi connectivity index (χ1n) is 5.55. The fourth-order valence-electron chi connectivity index (χ4n) is 1.42. The summed E-state index contributed by atoms with van der Waals surface area (Å²) in [6.07, 6.45) is 0. The van der Waals surface area contributed by atoms with Crippen molar-refractivity contribution in [3.63, 3.8) is 0 Å². The van der Waals surface area contributed by atoms with E-state index >= 15 is 0 Å². The van der Waals surface area contributed by atoms with Crippen LogP contribution in [-0.4, -0.2) is 31.8 Å². The summed E-state index contributed by atoms with van der Waals surface area (Å²) in [5.41, 5.74) is 6.31. The number of rotatable bonds is 6. The summed E-state index contributed by atoms with van der Waals surface area (Å²) < 4.78 is 10.4. The maximum absolute atomic E-state index is 8.58. The fourth-order valence-corrected chi connectivity index (χ4v) is 1.42. The number of ether oxygens (including phenoxy) is 2. The Morgan fingerprint density at radius 1 is 1.44 bits per heavy atom. The van der Waals surface area contributed by atoms with Gasteiger partial charge in [-0.05, 0) is 12.1 Å². The Morgan fingerprint density at radius 2 is 2.17 bits per heavy atom. The lowest BCUT2D eigenvalue weighted by Gasteiger charge is -2.15. The zero-order valence-electron chi connectivity index (χ0n) is 10.8. The number of benzene rings is 1. The summed E-state index contributed by atoms with van der Waals surface area (Å²) in [4.78, 5) is 0. The van der Waals surface area contributed by atoms with Crippen molar-refractivity contribution >= 4 is 11.5 Å². The van der Waals surface area contributed by atoms with Crippen molar-refractivity contribution in [2.45, 2.75) is 6.92 Å². The van der Waals surface area contributed by atoms with Crippen LogP contribution >= 0.6 is 0 Å². The van der Waals surface area contributed by atoms with Crippen LogP contribution in [0.4, 0.5) is 5.69 Å². The van der Waals surface area contributed by atoms with E-state index in [0.29, 0.717) is 12.3 Å². The standard InChI is InChI=1S/C12H19N3O3/c1-8(12(13)15-16)7-14-10-6-9(17-2)4-5-11(10)18-3/h4-6,8,14,16H,7H2,1-3H3,(H2,13,15). The summed E-state index contributed by atoms with van der Waals surface area (Å²) in [6, 6.07) is 5.46. The van der Waals surface area contributed by atoms with Crippen molar-refractivity contribution in [2.75, 3.05) is 26.1 Å². The zero-order chi connectivity index (χ0) is 13.5. The van der Waals surface area contributed by atoms with Crippen LogP contribution in [0.2, 0.25) is 0 Å². The van der Waals surface area contributed by atoms with Crippen LogP contribution < -0.4 is 20.5 Å². The van der Waals surface area contributed by atoms with E-state index in [1.807, 2.05) is 25.1 Å². The van der Waals surface area contributed by atoms with Crippen LogP contribution in [-0.2, 0) is 0 Å². The monoisotopic (exact) mass is 253 g/mol. The second kappa shape index (κ2) is 6.58. The lowest BCUT2D eigenvalue weighted by Crippen LogP contribution is -2.27. The van der Waals surface area contributed by atoms with Gasteiger partial charge in [0.2, 0.25) is 0 Å². The molecule has 1 aromatic carbocycles. The zero-order valence-corrected chi connectivity index (χ0v) is 10.8. The molecular formula is C12H19N3O3. The van der Waals surface area contributed by atoms with Crippen molar-refractivity contribution in [3.05, 3.63) is 18.2 Å². The van der Waals surface area contributed by atoms with Crippen LogP contribution in [0.1, 0.15) is 6.92 Å². The first-order valence-corrected chi connectivity index (χ1v) is 5.55. The highest BCUT2D eigenvalue weighted by Crippen LogP contribution is 2.28. The number of methoxy groups -OCH3 is 2. The molecule has 6 heteroatoms. The molecule has 1 unspecified atom stereocenters. The van der Waals surface area contributed by atoms with Gasteiger partial charge in [0.1, 0.15) is 17.3 Å². The molecule has 0 aliphatic rings. The van der Waals surface area contributed by atoms with Crippen molar-refractivity contribution in [1.82, 2.24) is 0 Å². The molecule has 100 valence electrons. The minimum Gasteiger partial charge on any atom is -0.497 e. The normalized spacial score (nSPS) is 12.9. The average molecular weight is 253 g/mol. The Kier molecular flexibility index (Phi) is 5.10. The lowest BCUT2D eigenvalue weighted by atomic mass is 10.1. The topological polar surface area (TPSA) is 89.1 Å². The highest BCUT2D eigenvalue weighted by Gasteiger charge is 2.10. The summed E-state index contributed by atoms with van der Waals surface area (Å²) in [5.74, 6) is 1.53. The predicted octanol–water partition coefficient (Wildman–Crippen LogP) is 1.50. The minimum absolute atomic E-state index is 0.0918. The average Bonchev–Trinajstić information content (AvgIpc) is 2.43. The molecule has 1 rings (SSSR count). The van der Waals surface area contributed by atoms with Gasteiger partial charge in [-0.3, -0.25) is 0 Å². The van der Waals surface area contributed by atoms with E-state index in [2.05, 4.69) is 10.5 Å². The van der Waals surface area contributed by atoms with Gasteiger partial charge in [0.25, 0.3) is 0 Å². The molecule has 1 aromatic rings. The minimum atomic E-state index is -0.0918. The SMILES string of the molecule is COc1ccc(OC)c(NCC(C)C(N)=NO)c1. The molecular weight excluding hydrogens is 234 g/mol. The Bertz CT molecular complexity index is 421. The summed E-state index contributed by atoms with van der Waals surface area (Å²) >= 11 is 0. The maximum atomic E-state index is 8.58. The van der Waals surface area contributed by atoms with Gasteiger partial charge in [0, 0.05) is 18.5 Å². The summed E-state index contributed by atoms with van der Waals surface area (Å²) in [5, 5.41) is 14.7. The summed E-state index contributed by atoms with van der Waals surface area (Å²) in [6.45, 7) is 2.38. The van der Waals surface area contributed by atoms with Gasteiger partial charge in [0.05, 0.1) is 19.9 Å². The number of oxime groups is 1. The second-order valence-electron chi connectivity index (χ2n) is 3.87. The molecule has 0 saturated heterocycles. The number of amidine groups is 1. The highest BCUT2D eigenvalue weighted by molar-refractivity contribution is 5.82. The Labute approximate surface area is 106 Å². The molecule has 0 spiro atoms. The first kappa shape index (κ1) is 14.0. The molecule has 0 radical (unpaired) electrons. The van der Waals surface area contributed by atoms with Gasteiger partial charge in [0.15, 0.2) is 0 Å². The van der Waals surface area contributed by atoms with Crippen LogP contribution in [0, 0.1) is 5.92 Å². The van der Waals surface area contributed by atoms with E-state index in [4.69, 9.17) is 20.4 Å². The number of nitrogens with zero attached hydrogens (tertiary/aromatic N) is 1. The van der Waals surface area contributed by atoms with E-state index < -0.39 is 0 Å². The molecule has 0 fully saturated rings. The molecule has 1 atom stereocenters. The smallest absolute Gasteiger partial charge is 0.143 e. The molecule has 0 aliphatic carbocycles. The molecule has 0 aliphatic heterocycles. The van der Waals surface area contributed by atoms with Gasteiger partial charge in [-0.25, -0.2) is 0 Å². The van der Waals surface area contributed by atoms with E-state index in [-0.39, 0.29) is 11.8 Å². The number of nitrogens with one attached hydrogen (secondary N) is 1. The number of anilines is 1. The molecule has 4 N–H and O–H groups in total. The van der Waals surface area contributed by atoms with Gasteiger partial charge in [-0.1, -0.05) is 12.1 Å². The number of hydrogen-bond acceptors (Lipinski definition) is 5. The third-order valence-electron chi connectivity index (χ3n) is 2.63. The van der Waals surface area contributed by atoms with Crippen LogP contribution in [0.5, 0.6) is 11.5 Å². The Balaban J connectivity index is 2.76. The number of nitrogens with two attached hydrogens (primary N) is 1. The molecule has 18 heavy (non-hydrogen) atoms. The number of hydrogen-bond donors (Lipinski definition) is 3. The molecule has 0 bridgehead atoms. The Hall–Kier alpha value is -2.11. The first-order chi connectivity index (χ1) is 8.62. The van der Waals surface area contributed by atoms with Gasteiger partial charge in [-0.15, -0.1) is 0 Å². The van der Waals surface area contributed by atoms with Crippen molar-refractivity contribution in [1.29, 1.82) is 0 Å². The molecule has 0 amide bonds. The van der Waals surface area contributed by atoms with Gasteiger partial charge < -0.3 is 25.7 Å². The molecule has 0 aromatic heterocycles. The third kappa shape index (κ3) is 3.44. The van der Waals surface area contributed by atoms with E-state index in [9.17, 15) is 0 Å². The lowest BCUT2D eigenvalue weighted by molar-refractivity contribution is 0.315. The van der Waals surface area contributed by atoms with E-state index in [1.54, 1.807) is 14.2 Å². The Morgan fingerprint density at radius 3 is 2.72 bits per heavy atom.